The molecule has 0 spiro atoms. The quantitative estimate of drug-likeness (QED) is 0.492. The van der Waals surface area contributed by atoms with Crippen molar-refractivity contribution in [1.82, 2.24) is 9.13 Å². The molecule has 0 aliphatic carbocycles. The summed E-state index contributed by atoms with van der Waals surface area (Å²) < 4.78 is 7.04. The summed E-state index contributed by atoms with van der Waals surface area (Å²) in [5.41, 5.74) is -0.418. The van der Waals surface area contributed by atoms with E-state index in [1.165, 1.54) is 43.0 Å². The van der Waals surface area contributed by atoms with Crippen molar-refractivity contribution in [2.75, 3.05) is 6.61 Å². The molecule has 10 heteroatoms. The smallest absolute Gasteiger partial charge is 0.341 e. The first-order valence-corrected chi connectivity index (χ1v) is 10.3. The van der Waals surface area contributed by atoms with E-state index in [1.54, 1.807) is 6.92 Å². The summed E-state index contributed by atoms with van der Waals surface area (Å²) in [6.07, 6.45) is 1.17. The number of aliphatic imine (C=N–C) groups is 1. The van der Waals surface area contributed by atoms with Crippen molar-refractivity contribution >= 4 is 39.9 Å². The topological polar surface area (TPSA) is 103 Å². The molecular formula is C19H19N3O5S2. The van der Waals surface area contributed by atoms with Crippen LogP contribution in [0.1, 0.15) is 27.7 Å². The number of aromatic hydroxyl groups is 1. The summed E-state index contributed by atoms with van der Waals surface area (Å²) in [7, 11) is 2.67. The molecule has 0 radical (unpaired) electrons. The van der Waals surface area contributed by atoms with Crippen LogP contribution >= 0.6 is 22.7 Å². The highest BCUT2D eigenvalue weighted by atomic mass is 32.1. The maximum atomic E-state index is 12.6. The summed E-state index contributed by atoms with van der Waals surface area (Å²) >= 11 is 2.78. The van der Waals surface area contributed by atoms with E-state index >= 15 is 0 Å². The molecule has 1 N–H and O–H groups in total. The Kier molecular flexibility index (Phi) is 5.85. The lowest BCUT2D eigenvalue weighted by molar-refractivity contribution is 0.0529. The molecule has 0 aliphatic heterocycles. The number of aromatic nitrogens is 2. The van der Waals surface area contributed by atoms with Crippen LogP contribution < -0.4 is 11.2 Å². The zero-order chi connectivity index (χ0) is 21.3. The fraction of sp³-hybridized carbons (Fsp3) is 0.263. The number of carbonyl (C=O) groups excluding carboxylic acids is 1. The minimum atomic E-state index is -0.682. The minimum Gasteiger partial charge on any atom is -0.494 e. The van der Waals surface area contributed by atoms with Gasteiger partial charge in [0.2, 0.25) is 5.88 Å². The highest BCUT2D eigenvalue weighted by Crippen LogP contribution is 2.43. The first-order chi connectivity index (χ1) is 13.8. The molecule has 3 heterocycles. The van der Waals surface area contributed by atoms with Gasteiger partial charge in [-0.25, -0.2) is 14.6 Å². The van der Waals surface area contributed by atoms with Crippen molar-refractivity contribution in [3.05, 3.63) is 54.4 Å². The number of ether oxygens (including phenoxy) is 1. The number of thiophene rings is 2. The van der Waals surface area contributed by atoms with Crippen LogP contribution in [0.2, 0.25) is 0 Å². The molecule has 0 amide bonds. The lowest BCUT2D eigenvalue weighted by Crippen LogP contribution is -2.38. The molecule has 0 atom stereocenters. The number of hydrogen-bond donors (Lipinski definition) is 1. The zero-order valence-electron chi connectivity index (χ0n) is 16.3. The van der Waals surface area contributed by atoms with Crippen molar-refractivity contribution in [1.29, 1.82) is 0 Å². The summed E-state index contributed by atoms with van der Waals surface area (Å²) in [5, 5.41) is 12.5. The van der Waals surface area contributed by atoms with E-state index in [2.05, 4.69) is 4.99 Å². The number of aryl methyl sites for hydroxylation is 1. The Morgan fingerprint density at radius 3 is 2.66 bits per heavy atom. The van der Waals surface area contributed by atoms with Crippen LogP contribution in [0.3, 0.4) is 0 Å². The molecule has 0 saturated heterocycles. The van der Waals surface area contributed by atoms with Gasteiger partial charge in [0, 0.05) is 35.6 Å². The van der Waals surface area contributed by atoms with Gasteiger partial charge in [-0.05, 0) is 25.3 Å². The number of esters is 1. The first-order valence-electron chi connectivity index (χ1n) is 8.65. The molecule has 8 nitrogen and oxygen atoms in total. The third kappa shape index (κ3) is 3.68. The third-order valence-electron chi connectivity index (χ3n) is 4.29. The maximum absolute atomic E-state index is 12.6. The molecule has 3 aromatic heterocycles. The van der Waals surface area contributed by atoms with E-state index in [4.69, 9.17) is 4.74 Å². The average molecular weight is 434 g/mol. The Labute approximate surface area is 174 Å². The SMILES string of the molecule is CCOC(=O)c1c(/N=C/c2c(O)n(C)c(=O)n(C)c2=O)sc(C)c1-c1cccs1. The van der Waals surface area contributed by atoms with E-state index in [1.807, 2.05) is 24.4 Å². The molecule has 0 saturated carbocycles. The number of rotatable bonds is 5. The molecule has 0 fully saturated rings. The lowest BCUT2D eigenvalue weighted by atomic mass is 10.1. The molecule has 29 heavy (non-hydrogen) atoms. The average Bonchev–Trinajstić information content (AvgIpc) is 3.32. The van der Waals surface area contributed by atoms with E-state index < -0.39 is 23.1 Å². The normalized spacial score (nSPS) is 11.3. The molecule has 152 valence electrons. The van der Waals surface area contributed by atoms with Gasteiger partial charge >= 0.3 is 11.7 Å². The second kappa shape index (κ2) is 8.18. The number of carbonyl (C=O) groups is 1. The minimum absolute atomic E-state index is 0.145. The second-order valence-electron chi connectivity index (χ2n) is 6.11. The van der Waals surface area contributed by atoms with Gasteiger partial charge in [-0.15, -0.1) is 22.7 Å². The molecule has 0 bridgehead atoms. The van der Waals surface area contributed by atoms with Crippen LogP contribution in [-0.2, 0) is 18.8 Å². The predicted molar refractivity (Wildman–Crippen MR) is 114 cm³/mol. The van der Waals surface area contributed by atoms with Crippen molar-refractivity contribution in [2.24, 2.45) is 19.1 Å². The van der Waals surface area contributed by atoms with E-state index in [-0.39, 0.29) is 12.2 Å². The molecular weight excluding hydrogens is 414 g/mol. The van der Waals surface area contributed by atoms with Crippen LogP contribution in [0.25, 0.3) is 10.4 Å². The van der Waals surface area contributed by atoms with Gasteiger partial charge in [0.15, 0.2) is 0 Å². The van der Waals surface area contributed by atoms with E-state index in [0.29, 0.717) is 10.6 Å². The zero-order valence-corrected chi connectivity index (χ0v) is 17.9. The standard InChI is InChI=1S/C19H19N3O5S2/c1-5-27-18(25)14-13(12-7-6-8-28-12)10(2)29-15(14)20-9-11-16(23)21(3)19(26)22(4)17(11)24/h6-9,23H,5H2,1-4H3/b20-9+. The first kappa shape index (κ1) is 20.7. The molecule has 0 aromatic carbocycles. The summed E-state index contributed by atoms with van der Waals surface area (Å²) in [6, 6.07) is 3.80. The largest absolute Gasteiger partial charge is 0.494 e. The monoisotopic (exact) mass is 433 g/mol. The summed E-state index contributed by atoms with van der Waals surface area (Å²) in [5.74, 6) is -1.00. The van der Waals surface area contributed by atoms with Crippen LogP contribution in [0.4, 0.5) is 5.00 Å². The lowest BCUT2D eigenvalue weighted by Gasteiger charge is -2.07. The second-order valence-corrected chi connectivity index (χ2v) is 8.26. The molecule has 0 unspecified atom stereocenters. The van der Waals surface area contributed by atoms with E-state index in [0.717, 1.165) is 24.5 Å². The van der Waals surface area contributed by atoms with Crippen LogP contribution in [0.15, 0.2) is 32.1 Å². The Balaban J connectivity index is 2.19. The van der Waals surface area contributed by atoms with Gasteiger partial charge < -0.3 is 9.84 Å². The van der Waals surface area contributed by atoms with E-state index in [9.17, 15) is 19.5 Å². The Morgan fingerprint density at radius 2 is 2.03 bits per heavy atom. The number of hydrogen-bond acceptors (Lipinski definition) is 8. The van der Waals surface area contributed by atoms with Gasteiger partial charge in [-0.2, -0.15) is 0 Å². The van der Waals surface area contributed by atoms with Gasteiger partial charge in [0.1, 0.15) is 16.1 Å². The predicted octanol–water partition coefficient (Wildman–Crippen LogP) is 2.82. The van der Waals surface area contributed by atoms with Gasteiger partial charge in [0.25, 0.3) is 5.56 Å². The van der Waals surface area contributed by atoms with Crippen LogP contribution in [0.5, 0.6) is 5.88 Å². The molecule has 0 aliphatic rings. The van der Waals surface area contributed by atoms with Gasteiger partial charge in [-0.1, -0.05) is 6.07 Å². The Bertz CT molecular complexity index is 1220. The third-order valence-corrected chi connectivity index (χ3v) is 6.19. The fourth-order valence-electron chi connectivity index (χ4n) is 2.83. The van der Waals surface area contributed by atoms with Crippen molar-refractivity contribution < 1.29 is 14.6 Å². The van der Waals surface area contributed by atoms with Crippen molar-refractivity contribution in [3.63, 3.8) is 0 Å². The van der Waals surface area contributed by atoms with Crippen molar-refractivity contribution in [2.45, 2.75) is 13.8 Å². The highest BCUT2D eigenvalue weighted by Gasteiger charge is 2.25. The van der Waals surface area contributed by atoms with Crippen molar-refractivity contribution in [3.8, 4) is 16.3 Å². The van der Waals surface area contributed by atoms with Crippen LogP contribution in [0, 0.1) is 6.92 Å². The maximum Gasteiger partial charge on any atom is 0.341 e. The summed E-state index contributed by atoms with van der Waals surface area (Å²) in [6.45, 7) is 3.81. The molecule has 3 rings (SSSR count). The Morgan fingerprint density at radius 1 is 1.31 bits per heavy atom. The van der Waals surface area contributed by atoms with Gasteiger partial charge in [0.05, 0.1) is 6.61 Å². The number of nitrogens with zero attached hydrogens (tertiary/aromatic N) is 3. The Hall–Kier alpha value is -2.98. The van der Waals surface area contributed by atoms with Crippen LogP contribution in [-0.4, -0.2) is 33.0 Å². The summed E-state index contributed by atoms with van der Waals surface area (Å²) in [4.78, 5) is 43.0. The fourth-order valence-corrected chi connectivity index (χ4v) is 4.72. The van der Waals surface area contributed by atoms with Gasteiger partial charge in [-0.3, -0.25) is 13.9 Å². The highest BCUT2D eigenvalue weighted by molar-refractivity contribution is 7.18. The molecule has 3 aromatic rings.